The van der Waals surface area contributed by atoms with Crippen LogP contribution in [-0.2, 0) is 6.54 Å². The molecule has 0 saturated heterocycles. The molecule has 18 heavy (non-hydrogen) atoms. The van der Waals surface area contributed by atoms with Gasteiger partial charge in [-0.1, -0.05) is 0 Å². The van der Waals surface area contributed by atoms with Gasteiger partial charge in [0, 0.05) is 6.54 Å². The first-order valence-electron chi connectivity index (χ1n) is 5.67. The van der Waals surface area contributed by atoms with E-state index in [1.54, 1.807) is 12.3 Å². The second-order valence-electron chi connectivity index (χ2n) is 3.82. The SMILES string of the molecule is CCn1ncc(Br)c1C(NC)c1ccc(F)cn1. The largest absolute Gasteiger partial charge is 0.307 e. The third kappa shape index (κ3) is 2.44. The number of aromatic nitrogens is 3. The number of halogens is 2. The second kappa shape index (κ2) is 5.58. The number of nitrogens with one attached hydrogen (secondary N) is 1. The molecule has 0 saturated carbocycles. The monoisotopic (exact) mass is 312 g/mol. The van der Waals surface area contributed by atoms with Crippen molar-refractivity contribution in [1.82, 2.24) is 20.1 Å². The summed E-state index contributed by atoms with van der Waals surface area (Å²) in [6, 6.07) is 2.96. The van der Waals surface area contributed by atoms with Crippen LogP contribution in [-0.4, -0.2) is 21.8 Å². The van der Waals surface area contributed by atoms with Gasteiger partial charge in [-0.15, -0.1) is 0 Å². The van der Waals surface area contributed by atoms with E-state index < -0.39 is 0 Å². The molecule has 0 amide bonds. The molecule has 0 aliphatic rings. The second-order valence-corrected chi connectivity index (χ2v) is 4.67. The molecule has 2 aromatic heterocycles. The molecule has 0 fully saturated rings. The Labute approximate surface area is 113 Å². The lowest BCUT2D eigenvalue weighted by molar-refractivity contribution is 0.550. The maximum absolute atomic E-state index is 12.9. The lowest BCUT2D eigenvalue weighted by atomic mass is 10.1. The van der Waals surface area contributed by atoms with Crippen molar-refractivity contribution < 1.29 is 4.39 Å². The van der Waals surface area contributed by atoms with Gasteiger partial charge < -0.3 is 5.32 Å². The molecule has 4 nitrogen and oxygen atoms in total. The normalized spacial score (nSPS) is 12.7. The van der Waals surface area contributed by atoms with Crippen LogP contribution >= 0.6 is 15.9 Å². The van der Waals surface area contributed by atoms with E-state index in [0.29, 0.717) is 0 Å². The first-order chi connectivity index (χ1) is 8.67. The third-order valence-electron chi connectivity index (χ3n) is 2.74. The summed E-state index contributed by atoms with van der Waals surface area (Å²) >= 11 is 3.49. The highest BCUT2D eigenvalue weighted by molar-refractivity contribution is 9.10. The number of nitrogens with zero attached hydrogens (tertiary/aromatic N) is 3. The molecule has 0 aromatic carbocycles. The Balaban J connectivity index is 2.44. The molecule has 1 unspecified atom stereocenters. The quantitative estimate of drug-likeness (QED) is 0.943. The van der Waals surface area contributed by atoms with Gasteiger partial charge in [-0.3, -0.25) is 9.67 Å². The molecule has 2 rings (SSSR count). The Morgan fingerprint density at radius 3 is 2.78 bits per heavy atom. The molecular formula is C12H14BrFN4. The van der Waals surface area contributed by atoms with Crippen LogP contribution in [0.1, 0.15) is 24.4 Å². The number of hydrogen-bond acceptors (Lipinski definition) is 3. The first-order valence-corrected chi connectivity index (χ1v) is 6.46. The van der Waals surface area contributed by atoms with Crippen molar-refractivity contribution in [2.24, 2.45) is 0 Å². The van der Waals surface area contributed by atoms with Gasteiger partial charge in [-0.2, -0.15) is 5.10 Å². The zero-order valence-electron chi connectivity index (χ0n) is 10.2. The predicted octanol–water partition coefficient (Wildman–Crippen LogP) is 2.51. The minimum atomic E-state index is -0.336. The van der Waals surface area contributed by atoms with Crippen molar-refractivity contribution in [3.63, 3.8) is 0 Å². The van der Waals surface area contributed by atoms with Crippen molar-refractivity contribution in [2.45, 2.75) is 19.5 Å². The standard InChI is InChI=1S/C12H14BrFN4/c1-3-18-12(9(13)7-17-18)11(15-2)10-5-4-8(14)6-16-10/h4-7,11,15H,3H2,1-2H3. The minimum absolute atomic E-state index is 0.123. The molecule has 96 valence electrons. The molecule has 1 N–H and O–H groups in total. The van der Waals surface area contributed by atoms with E-state index in [1.807, 2.05) is 18.7 Å². The van der Waals surface area contributed by atoms with Crippen LogP contribution in [0.2, 0.25) is 0 Å². The van der Waals surface area contributed by atoms with Crippen LogP contribution in [0.25, 0.3) is 0 Å². The molecule has 1 atom stereocenters. The highest BCUT2D eigenvalue weighted by Crippen LogP contribution is 2.27. The summed E-state index contributed by atoms with van der Waals surface area (Å²) in [6.45, 7) is 2.79. The highest BCUT2D eigenvalue weighted by atomic mass is 79.9. The minimum Gasteiger partial charge on any atom is -0.307 e. The Bertz CT molecular complexity index is 523. The third-order valence-corrected chi connectivity index (χ3v) is 3.35. The molecule has 2 heterocycles. The molecule has 0 aliphatic heterocycles. The van der Waals surface area contributed by atoms with Gasteiger partial charge >= 0.3 is 0 Å². The van der Waals surface area contributed by atoms with Gasteiger partial charge in [0.05, 0.1) is 34.3 Å². The van der Waals surface area contributed by atoms with Crippen molar-refractivity contribution >= 4 is 15.9 Å². The van der Waals surface area contributed by atoms with E-state index in [4.69, 9.17) is 0 Å². The van der Waals surface area contributed by atoms with E-state index in [0.717, 1.165) is 22.4 Å². The molecule has 6 heteroatoms. The van der Waals surface area contributed by atoms with Crippen molar-refractivity contribution in [1.29, 1.82) is 0 Å². The Morgan fingerprint density at radius 2 is 2.22 bits per heavy atom. The van der Waals surface area contributed by atoms with Crippen molar-refractivity contribution in [3.8, 4) is 0 Å². The Kier molecular flexibility index (Phi) is 4.08. The van der Waals surface area contributed by atoms with Crippen molar-refractivity contribution in [3.05, 3.63) is 46.2 Å². The van der Waals surface area contributed by atoms with E-state index in [9.17, 15) is 4.39 Å². The van der Waals surface area contributed by atoms with Crippen LogP contribution < -0.4 is 5.32 Å². The van der Waals surface area contributed by atoms with E-state index in [1.165, 1.54) is 12.3 Å². The van der Waals surface area contributed by atoms with Crippen LogP contribution in [0.3, 0.4) is 0 Å². The fraction of sp³-hybridized carbons (Fsp3) is 0.333. The summed E-state index contributed by atoms with van der Waals surface area (Å²) in [5.41, 5.74) is 1.74. The smallest absolute Gasteiger partial charge is 0.141 e. The van der Waals surface area contributed by atoms with E-state index >= 15 is 0 Å². The fourth-order valence-corrected chi connectivity index (χ4v) is 2.42. The Hall–Kier alpha value is -1.27. The number of pyridine rings is 1. The zero-order chi connectivity index (χ0) is 13.1. The zero-order valence-corrected chi connectivity index (χ0v) is 11.8. The number of aryl methyl sites for hydroxylation is 1. The average molecular weight is 313 g/mol. The maximum Gasteiger partial charge on any atom is 0.141 e. The van der Waals surface area contributed by atoms with E-state index in [2.05, 4.69) is 31.3 Å². The maximum atomic E-state index is 12.9. The lowest BCUT2D eigenvalue weighted by Crippen LogP contribution is -2.22. The number of rotatable bonds is 4. The number of hydrogen-bond donors (Lipinski definition) is 1. The molecule has 0 radical (unpaired) electrons. The van der Waals surface area contributed by atoms with Gasteiger partial charge in [-0.05, 0) is 42.0 Å². The summed E-state index contributed by atoms with van der Waals surface area (Å²) in [5.74, 6) is -0.336. The summed E-state index contributed by atoms with van der Waals surface area (Å²) in [5, 5.41) is 7.45. The lowest BCUT2D eigenvalue weighted by Gasteiger charge is -2.17. The highest BCUT2D eigenvalue weighted by Gasteiger charge is 2.21. The van der Waals surface area contributed by atoms with Crippen LogP contribution in [0.5, 0.6) is 0 Å². The van der Waals surface area contributed by atoms with Gasteiger partial charge in [0.25, 0.3) is 0 Å². The van der Waals surface area contributed by atoms with Crippen LogP contribution in [0.15, 0.2) is 29.0 Å². The predicted molar refractivity (Wildman–Crippen MR) is 70.7 cm³/mol. The van der Waals surface area contributed by atoms with E-state index in [-0.39, 0.29) is 11.9 Å². The molecule has 0 spiro atoms. The van der Waals surface area contributed by atoms with Crippen LogP contribution in [0.4, 0.5) is 4.39 Å². The van der Waals surface area contributed by atoms with Gasteiger partial charge in [0.2, 0.25) is 0 Å². The fourth-order valence-electron chi connectivity index (χ4n) is 1.89. The first kappa shape index (κ1) is 13.2. The summed E-state index contributed by atoms with van der Waals surface area (Å²) in [4.78, 5) is 4.12. The van der Waals surface area contributed by atoms with Gasteiger partial charge in [0.15, 0.2) is 0 Å². The van der Waals surface area contributed by atoms with Gasteiger partial charge in [0.1, 0.15) is 5.82 Å². The molecule has 0 bridgehead atoms. The summed E-state index contributed by atoms with van der Waals surface area (Å²) in [6.07, 6.45) is 2.98. The van der Waals surface area contributed by atoms with Crippen molar-refractivity contribution in [2.75, 3.05) is 7.05 Å². The summed E-state index contributed by atoms with van der Waals surface area (Å²) < 4.78 is 15.7. The Morgan fingerprint density at radius 1 is 1.44 bits per heavy atom. The van der Waals surface area contributed by atoms with Crippen LogP contribution in [0, 0.1) is 5.82 Å². The van der Waals surface area contributed by atoms with Gasteiger partial charge in [-0.25, -0.2) is 4.39 Å². The topological polar surface area (TPSA) is 42.7 Å². The summed E-state index contributed by atoms with van der Waals surface area (Å²) in [7, 11) is 1.84. The molecule has 2 aromatic rings. The molecule has 0 aliphatic carbocycles. The molecular weight excluding hydrogens is 299 g/mol. The average Bonchev–Trinajstić information content (AvgIpc) is 2.74.